The molecule has 3 heteroatoms. The zero-order chi connectivity index (χ0) is 8.53. The second-order valence-corrected chi connectivity index (χ2v) is 3.14. The molecule has 0 rings (SSSR count). The van der Waals surface area contributed by atoms with Gasteiger partial charge >= 0.3 is 79.3 Å². The summed E-state index contributed by atoms with van der Waals surface area (Å²) < 4.78 is 4.90. The number of rotatable bonds is 6. The molecule has 0 atom stereocenters. The van der Waals surface area contributed by atoms with Crippen molar-refractivity contribution in [1.29, 1.82) is 0 Å². The van der Waals surface area contributed by atoms with E-state index in [0.29, 0.717) is 11.4 Å². The topological polar surface area (TPSA) is 26.3 Å². The number of esters is 1. The van der Waals surface area contributed by atoms with Gasteiger partial charge in [0.15, 0.2) is 0 Å². The Labute approximate surface area is 79.6 Å². The van der Waals surface area contributed by atoms with Crippen LogP contribution in [-0.2, 0) is 29.3 Å². The predicted octanol–water partition coefficient (Wildman–Crippen LogP) is 2.08. The van der Waals surface area contributed by atoms with Crippen LogP contribution in [0.4, 0.5) is 0 Å². The van der Waals surface area contributed by atoms with E-state index in [0.717, 1.165) is 6.42 Å². The van der Waals surface area contributed by atoms with E-state index >= 15 is 0 Å². The van der Waals surface area contributed by atoms with Crippen LogP contribution in [0.25, 0.3) is 0 Å². The monoisotopic (exact) mass is 241 g/mol. The Kier molecular flexibility index (Phi) is 8.38. The Morgan fingerprint density at radius 2 is 2.09 bits per heavy atom. The first-order chi connectivity index (χ1) is 5.31. The summed E-state index contributed by atoms with van der Waals surface area (Å²) in [7, 11) is 0. The third-order valence-electron chi connectivity index (χ3n) is 1.38. The molecule has 0 aliphatic carbocycles. The van der Waals surface area contributed by atoms with Crippen LogP contribution >= 0.6 is 0 Å². The summed E-state index contributed by atoms with van der Waals surface area (Å²) in [5, 5.41) is 0. The van der Waals surface area contributed by atoms with Crippen LogP contribution in [0.2, 0.25) is 4.81 Å². The van der Waals surface area contributed by atoms with E-state index in [9.17, 15) is 4.79 Å². The van der Waals surface area contributed by atoms with Crippen LogP contribution < -0.4 is 0 Å². The molecule has 2 nitrogen and oxygen atoms in total. The van der Waals surface area contributed by atoms with E-state index in [2.05, 4.69) is 6.92 Å². The van der Waals surface area contributed by atoms with Crippen molar-refractivity contribution < 1.29 is 29.3 Å². The van der Waals surface area contributed by atoms with Crippen molar-refractivity contribution in [2.24, 2.45) is 0 Å². The second kappa shape index (κ2) is 8.26. The molecule has 0 aliphatic rings. The standard InChI is InChI=1S/C8H15O2.Mo/c1-3-4-5-6-7-10-8(2)9;/h2-7H2,1H3;. The van der Waals surface area contributed by atoms with Crippen LogP contribution in [-0.4, -0.2) is 12.6 Å². The molecule has 0 unspecified atom stereocenters. The molecule has 0 bridgehead atoms. The van der Waals surface area contributed by atoms with Crippen molar-refractivity contribution in [1.82, 2.24) is 0 Å². The molecule has 0 heterocycles. The van der Waals surface area contributed by atoms with Crippen LogP contribution in [0.3, 0.4) is 0 Å². The normalized spacial score (nSPS) is 9.55. The van der Waals surface area contributed by atoms with Gasteiger partial charge in [-0.25, -0.2) is 0 Å². The van der Waals surface area contributed by atoms with Crippen molar-refractivity contribution in [3.63, 3.8) is 0 Å². The Bertz CT molecular complexity index is 104. The van der Waals surface area contributed by atoms with Crippen molar-refractivity contribution in [3.8, 4) is 0 Å². The van der Waals surface area contributed by atoms with E-state index in [4.69, 9.17) is 4.74 Å². The summed E-state index contributed by atoms with van der Waals surface area (Å²) >= 11 is 1.75. The quantitative estimate of drug-likeness (QED) is 0.403. The van der Waals surface area contributed by atoms with E-state index in [1.165, 1.54) is 19.3 Å². The fourth-order valence-electron chi connectivity index (χ4n) is 0.757. The molecule has 0 amide bonds. The fraction of sp³-hybridized carbons (Fsp3) is 0.875. The first-order valence-corrected chi connectivity index (χ1v) is 5.47. The molecule has 0 saturated heterocycles. The maximum absolute atomic E-state index is 10.6. The zero-order valence-corrected chi connectivity index (χ0v) is 8.97. The minimum atomic E-state index is -0.0775. The minimum absolute atomic E-state index is 0.0775. The molecule has 0 saturated carbocycles. The number of ether oxygens (including phenoxy) is 1. The van der Waals surface area contributed by atoms with E-state index < -0.39 is 0 Å². The molecule has 0 aromatic carbocycles. The zero-order valence-electron chi connectivity index (χ0n) is 6.97. The Morgan fingerprint density at radius 1 is 1.36 bits per heavy atom. The molecule has 0 spiro atoms. The van der Waals surface area contributed by atoms with Gasteiger partial charge in [0.25, 0.3) is 0 Å². The van der Waals surface area contributed by atoms with Gasteiger partial charge in [0.1, 0.15) is 0 Å². The molecule has 65 valence electrons. The van der Waals surface area contributed by atoms with Gasteiger partial charge in [-0.15, -0.1) is 0 Å². The van der Waals surface area contributed by atoms with Gasteiger partial charge in [0.2, 0.25) is 0 Å². The van der Waals surface area contributed by atoms with E-state index in [1.54, 1.807) is 19.8 Å². The van der Waals surface area contributed by atoms with Crippen molar-refractivity contribution in [2.45, 2.75) is 37.4 Å². The number of hydrogen-bond donors (Lipinski definition) is 0. The average molecular weight is 239 g/mol. The fourth-order valence-corrected chi connectivity index (χ4v) is 0.961. The first kappa shape index (κ1) is 11.2. The average Bonchev–Trinajstić information content (AvgIpc) is 2.04. The summed E-state index contributed by atoms with van der Waals surface area (Å²) in [5.41, 5.74) is 0. The van der Waals surface area contributed by atoms with Crippen molar-refractivity contribution in [3.05, 3.63) is 0 Å². The summed E-state index contributed by atoms with van der Waals surface area (Å²) in [6, 6.07) is 0. The van der Waals surface area contributed by atoms with E-state index in [-0.39, 0.29) is 5.97 Å². The van der Waals surface area contributed by atoms with Gasteiger partial charge in [-0.3, -0.25) is 0 Å². The van der Waals surface area contributed by atoms with E-state index in [1.807, 2.05) is 0 Å². The Balaban J connectivity index is 2.95. The third kappa shape index (κ3) is 8.06. The summed E-state index contributed by atoms with van der Waals surface area (Å²) in [6.07, 6.45) is 4.65. The molecule has 0 N–H and O–H groups in total. The number of hydrogen-bond acceptors (Lipinski definition) is 2. The summed E-state index contributed by atoms with van der Waals surface area (Å²) in [5.74, 6) is -0.0775. The Morgan fingerprint density at radius 3 is 2.64 bits per heavy atom. The van der Waals surface area contributed by atoms with Crippen molar-refractivity contribution in [2.75, 3.05) is 6.61 Å². The molecule has 0 fully saturated rings. The summed E-state index contributed by atoms with van der Waals surface area (Å²) in [4.78, 5) is 11.1. The summed E-state index contributed by atoms with van der Waals surface area (Å²) in [6.45, 7) is 2.77. The van der Waals surface area contributed by atoms with Gasteiger partial charge in [-0.05, 0) is 0 Å². The SMILES string of the molecule is CCCCCCOC(=O)[CH2][Mo]. The van der Waals surface area contributed by atoms with Crippen LogP contribution in [0.15, 0.2) is 0 Å². The Hall–Kier alpha value is 0.158. The van der Waals surface area contributed by atoms with Crippen LogP contribution in [0.5, 0.6) is 0 Å². The molecular weight excluding hydrogens is 224 g/mol. The molecule has 0 aliphatic heterocycles. The van der Waals surface area contributed by atoms with Gasteiger partial charge in [0.05, 0.1) is 0 Å². The van der Waals surface area contributed by atoms with Crippen molar-refractivity contribution >= 4 is 5.97 Å². The van der Waals surface area contributed by atoms with Gasteiger partial charge in [0, 0.05) is 0 Å². The first-order valence-electron chi connectivity index (χ1n) is 4.05. The number of carbonyl (C=O) groups is 1. The molecule has 0 aromatic rings. The number of carbonyl (C=O) groups excluding carboxylic acids is 1. The molecular formula is C8H15MoO2. The molecule has 0 aromatic heterocycles. The van der Waals surface area contributed by atoms with Crippen LogP contribution in [0, 0.1) is 0 Å². The van der Waals surface area contributed by atoms with Gasteiger partial charge in [-0.1, -0.05) is 0 Å². The second-order valence-electron chi connectivity index (χ2n) is 2.43. The third-order valence-corrected chi connectivity index (χ3v) is 1.96. The number of unbranched alkanes of at least 4 members (excludes halogenated alkanes) is 3. The molecule has 11 heavy (non-hydrogen) atoms. The molecule has 0 radical (unpaired) electrons. The predicted molar refractivity (Wildman–Crippen MR) is 39.9 cm³/mol. The van der Waals surface area contributed by atoms with Gasteiger partial charge < -0.3 is 0 Å². The van der Waals surface area contributed by atoms with Gasteiger partial charge in [-0.2, -0.15) is 0 Å². The maximum atomic E-state index is 10.6. The van der Waals surface area contributed by atoms with Crippen LogP contribution in [0.1, 0.15) is 32.6 Å².